The number of halogens is 1. The van der Waals surface area contributed by atoms with Gasteiger partial charge in [0.05, 0.1) is 11.9 Å². The van der Waals surface area contributed by atoms with Crippen molar-refractivity contribution in [2.45, 2.75) is 6.10 Å². The first-order chi connectivity index (χ1) is 6.11. The summed E-state index contributed by atoms with van der Waals surface area (Å²) in [6.45, 7) is 0. The third kappa shape index (κ3) is 3.10. The second-order valence-corrected chi connectivity index (χ2v) is 4.66. The minimum absolute atomic E-state index is 0.226. The molecule has 2 atom stereocenters. The molecule has 0 radical (unpaired) electrons. The molecule has 13 heavy (non-hydrogen) atoms. The molecule has 0 aliphatic heterocycles. The lowest BCUT2D eigenvalue weighted by Crippen LogP contribution is -2.07. The van der Waals surface area contributed by atoms with Gasteiger partial charge < -0.3 is 5.11 Å². The maximum Gasteiger partial charge on any atom is 0.0919 e. The molecule has 0 spiro atoms. The fourth-order valence-corrected chi connectivity index (χ4v) is 1.94. The average molecular weight is 219 g/mol. The fraction of sp³-hybridized carbons (Fsp3) is 0.333. The van der Waals surface area contributed by atoms with Gasteiger partial charge >= 0.3 is 0 Å². The summed E-state index contributed by atoms with van der Waals surface area (Å²) in [7, 11) is -1.01. The zero-order chi connectivity index (χ0) is 9.84. The quantitative estimate of drug-likeness (QED) is 0.840. The molecular formula is C9H11ClO2S. The lowest BCUT2D eigenvalue weighted by molar-refractivity contribution is 0.203. The molecule has 0 amide bonds. The molecule has 0 aliphatic rings. The highest BCUT2D eigenvalue weighted by molar-refractivity contribution is 7.84. The largest absolute Gasteiger partial charge is 0.387 e. The normalized spacial score (nSPS) is 15.3. The van der Waals surface area contributed by atoms with Gasteiger partial charge in [-0.2, -0.15) is 0 Å². The van der Waals surface area contributed by atoms with Crippen molar-refractivity contribution in [3.63, 3.8) is 0 Å². The summed E-state index contributed by atoms with van der Waals surface area (Å²) in [5.74, 6) is 0.226. The Morgan fingerprint density at radius 2 is 2.15 bits per heavy atom. The van der Waals surface area contributed by atoms with Gasteiger partial charge in [-0.15, -0.1) is 0 Å². The van der Waals surface area contributed by atoms with Gasteiger partial charge in [-0.25, -0.2) is 0 Å². The topological polar surface area (TPSA) is 37.3 Å². The molecule has 0 aliphatic carbocycles. The van der Waals surface area contributed by atoms with Crippen LogP contribution in [0.5, 0.6) is 0 Å². The lowest BCUT2D eigenvalue weighted by Gasteiger charge is -2.10. The van der Waals surface area contributed by atoms with E-state index in [1.54, 1.807) is 30.5 Å². The Bertz CT molecular complexity index is 314. The van der Waals surface area contributed by atoms with Crippen molar-refractivity contribution in [3.8, 4) is 0 Å². The molecule has 0 heterocycles. The van der Waals surface area contributed by atoms with Crippen molar-refractivity contribution in [2.75, 3.05) is 12.0 Å². The molecule has 2 unspecified atom stereocenters. The van der Waals surface area contributed by atoms with Gasteiger partial charge in [-0.05, 0) is 6.07 Å². The Hall–Kier alpha value is -0.380. The van der Waals surface area contributed by atoms with Crippen LogP contribution in [0.25, 0.3) is 0 Å². The molecule has 4 heteroatoms. The van der Waals surface area contributed by atoms with E-state index in [1.165, 1.54) is 0 Å². The summed E-state index contributed by atoms with van der Waals surface area (Å²) >= 11 is 5.84. The molecule has 0 saturated heterocycles. The maximum absolute atomic E-state index is 10.8. The van der Waals surface area contributed by atoms with Crippen LogP contribution in [0, 0.1) is 0 Å². The maximum atomic E-state index is 10.8. The summed E-state index contributed by atoms with van der Waals surface area (Å²) in [6.07, 6.45) is 0.819. The fourth-order valence-electron chi connectivity index (χ4n) is 1.06. The molecule has 1 rings (SSSR count). The van der Waals surface area contributed by atoms with Crippen LogP contribution < -0.4 is 0 Å². The summed E-state index contributed by atoms with van der Waals surface area (Å²) in [4.78, 5) is 0. The van der Waals surface area contributed by atoms with Crippen molar-refractivity contribution >= 4 is 22.4 Å². The molecule has 1 aromatic carbocycles. The second-order valence-electron chi connectivity index (χ2n) is 2.78. The number of hydrogen-bond acceptors (Lipinski definition) is 2. The highest BCUT2D eigenvalue weighted by Gasteiger charge is 2.11. The molecule has 0 saturated carbocycles. The monoisotopic (exact) mass is 218 g/mol. The van der Waals surface area contributed by atoms with Gasteiger partial charge in [0.25, 0.3) is 0 Å². The molecule has 0 fully saturated rings. The third-order valence-electron chi connectivity index (χ3n) is 1.66. The smallest absolute Gasteiger partial charge is 0.0919 e. The number of aliphatic hydroxyl groups excluding tert-OH is 1. The molecule has 1 N–H and O–H groups in total. The van der Waals surface area contributed by atoms with Crippen molar-refractivity contribution in [1.29, 1.82) is 0 Å². The number of rotatable bonds is 3. The molecule has 0 aromatic heterocycles. The van der Waals surface area contributed by atoms with Gasteiger partial charge in [-0.3, -0.25) is 4.21 Å². The zero-order valence-corrected chi connectivity index (χ0v) is 8.81. The van der Waals surface area contributed by atoms with E-state index in [-0.39, 0.29) is 5.75 Å². The average Bonchev–Trinajstić information content (AvgIpc) is 2.03. The summed E-state index contributed by atoms with van der Waals surface area (Å²) in [6, 6.07) is 7.03. The van der Waals surface area contributed by atoms with Gasteiger partial charge in [0.2, 0.25) is 0 Å². The van der Waals surface area contributed by atoms with Crippen molar-refractivity contribution in [1.82, 2.24) is 0 Å². The molecule has 72 valence electrons. The van der Waals surface area contributed by atoms with Crippen molar-refractivity contribution in [3.05, 3.63) is 34.9 Å². The highest BCUT2D eigenvalue weighted by atomic mass is 35.5. The van der Waals surface area contributed by atoms with E-state index in [1.807, 2.05) is 0 Å². The third-order valence-corrected chi connectivity index (χ3v) is 2.79. The first-order valence-corrected chi connectivity index (χ1v) is 5.94. The van der Waals surface area contributed by atoms with E-state index in [0.29, 0.717) is 10.6 Å². The Morgan fingerprint density at radius 3 is 2.69 bits per heavy atom. The minimum Gasteiger partial charge on any atom is -0.387 e. The van der Waals surface area contributed by atoms with E-state index in [0.717, 1.165) is 0 Å². The Kier molecular flexibility index (Phi) is 3.90. The Balaban J connectivity index is 2.82. The number of benzene rings is 1. The lowest BCUT2D eigenvalue weighted by atomic mass is 10.1. The van der Waals surface area contributed by atoms with Crippen LogP contribution in [0.3, 0.4) is 0 Å². The number of aliphatic hydroxyl groups is 1. The van der Waals surface area contributed by atoms with Crippen LogP contribution in [0.4, 0.5) is 0 Å². The SMILES string of the molecule is CS(=O)CC(O)c1ccccc1Cl. The summed E-state index contributed by atoms with van der Waals surface area (Å²) < 4.78 is 10.8. The first kappa shape index (κ1) is 10.7. The van der Waals surface area contributed by atoms with Gasteiger partial charge in [0, 0.05) is 27.6 Å². The molecular weight excluding hydrogens is 208 g/mol. The zero-order valence-electron chi connectivity index (χ0n) is 7.24. The molecule has 1 aromatic rings. The van der Waals surface area contributed by atoms with Gasteiger partial charge in [0.15, 0.2) is 0 Å². The van der Waals surface area contributed by atoms with E-state index in [4.69, 9.17) is 11.6 Å². The van der Waals surface area contributed by atoms with E-state index >= 15 is 0 Å². The second kappa shape index (κ2) is 4.74. The summed E-state index contributed by atoms with van der Waals surface area (Å²) in [5, 5.41) is 10.1. The van der Waals surface area contributed by atoms with E-state index < -0.39 is 16.9 Å². The first-order valence-electron chi connectivity index (χ1n) is 3.84. The predicted molar refractivity (Wildman–Crippen MR) is 55.3 cm³/mol. The number of hydrogen-bond donors (Lipinski definition) is 1. The van der Waals surface area contributed by atoms with Crippen LogP contribution in [-0.4, -0.2) is 21.3 Å². The Morgan fingerprint density at radius 1 is 1.54 bits per heavy atom. The molecule has 0 bridgehead atoms. The van der Waals surface area contributed by atoms with Gasteiger partial charge in [-0.1, -0.05) is 29.8 Å². The van der Waals surface area contributed by atoms with E-state index in [2.05, 4.69) is 0 Å². The van der Waals surface area contributed by atoms with Crippen LogP contribution in [0.2, 0.25) is 5.02 Å². The standard InChI is InChI=1S/C9H11ClO2S/c1-13(12)6-9(11)7-4-2-3-5-8(7)10/h2-5,9,11H,6H2,1H3. The highest BCUT2D eigenvalue weighted by Crippen LogP contribution is 2.22. The van der Waals surface area contributed by atoms with Crippen LogP contribution in [-0.2, 0) is 10.8 Å². The van der Waals surface area contributed by atoms with Crippen LogP contribution in [0.1, 0.15) is 11.7 Å². The Labute approximate surface area is 85.0 Å². The van der Waals surface area contributed by atoms with Crippen LogP contribution in [0.15, 0.2) is 24.3 Å². The van der Waals surface area contributed by atoms with Crippen molar-refractivity contribution in [2.24, 2.45) is 0 Å². The van der Waals surface area contributed by atoms with E-state index in [9.17, 15) is 9.32 Å². The van der Waals surface area contributed by atoms with Crippen molar-refractivity contribution < 1.29 is 9.32 Å². The molecule has 2 nitrogen and oxygen atoms in total. The minimum atomic E-state index is -1.01. The van der Waals surface area contributed by atoms with Gasteiger partial charge in [0.1, 0.15) is 0 Å². The summed E-state index contributed by atoms with van der Waals surface area (Å²) in [5.41, 5.74) is 0.638. The van der Waals surface area contributed by atoms with Crippen LogP contribution >= 0.6 is 11.6 Å². The predicted octanol–water partition coefficient (Wildman–Crippen LogP) is 1.75.